The number of alkyl halides is 6. The summed E-state index contributed by atoms with van der Waals surface area (Å²) < 4.78 is 68.9. The van der Waals surface area contributed by atoms with E-state index in [0.29, 0.717) is 23.8 Å². The number of carbonyl (C=O) groups excluding carboxylic acids is 1. The summed E-state index contributed by atoms with van der Waals surface area (Å²) in [6.45, 7) is 7.41. The number of amides is 1. The zero-order chi connectivity index (χ0) is 28.8. The fraction of sp³-hybridized carbons (Fsp3) is 0.696. The van der Waals surface area contributed by atoms with Crippen LogP contribution in [0.2, 0.25) is 0 Å². The molecule has 15 heteroatoms. The molecule has 216 valence electrons. The molecular formula is C23H31F6N3O6. The lowest BCUT2D eigenvalue weighted by molar-refractivity contribution is -0.193. The highest BCUT2D eigenvalue weighted by molar-refractivity contribution is 5.92. The monoisotopic (exact) mass is 559 g/mol. The Bertz CT molecular complexity index is 936. The van der Waals surface area contributed by atoms with Gasteiger partial charge in [0.05, 0.1) is 6.26 Å². The standard InChI is InChI=1S/C19H29N3O2.2C2HF3O2/c1-14-6-10-24-18(14)19(23)22-9-5-17-15(12-22)11-16(20(17)2)13-21-7-3-4-8-21;2*3-2(4,5)1(6)7/h6,10,15-17H,3-5,7-9,11-13H2,1-2H3;2*(H,6,7)/t15-,16+,17+;;/m1../s1. The summed E-state index contributed by atoms with van der Waals surface area (Å²) in [5.74, 6) is -4.31. The summed E-state index contributed by atoms with van der Waals surface area (Å²) in [7, 11) is 2.29. The predicted octanol–water partition coefficient (Wildman–Crippen LogP) is 3.49. The number of nitrogens with zero attached hydrogens (tertiary/aromatic N) is 3. The molecule has 3 aliphatic heterocycles. The van der Waals surface area contributed by atoms with Crippen LogP contribution in [0.1, 0.15) is 41.8 Å². The van der Waals surface area contributed by atoms with Crippen molar-refractivity contribution in [2.45, 2.75) is 57.0 Å². The van der Waals surface area contributed by atoms with Crippen LogP contribution < -0.4 is 0 Å². The fourth-order valence-corrected chi connectivity index (χ4v) is 4.96. The van der Waals surface area contributed by atoms with Crippen LogP contribution in [0.4, 0.5) is 26.3 Å². The van der Waals surface area contributed by atoms with E-state index in [4.69, 9.17) is 24.2 Å². The van der Waals surface area contributed by atoms with Gasteiger partial charge < -0.3 is 24.4 Å². The first kappa shape index (κ1) is 31.4. The van der Waals surface area contributed by atoms with Gasteiger partial charge in [-0.2, -0.15) is 26.3 Å². The highest BCUT2D eigenvalue weighted by Gasteiger charge is 2.44. The molecule has 1 amide bonds. The molecule has 4 rings (SSSR count). The molecule has 4 heterocycles. The first-order valence-corrected chi connectivity index (χ1v) is 11.9. The lowest BCUT2D eigenvalue weighted by atomic mass is 9.92. The lowest BCUT2D eigenvalue weighted by Crippen LogP contribution is -2.48. The second kappa shape index (κ2) is 12.8. The lowest BCUT2D eigenvalue weighted by Gasteiger charge is -2.37. The molecule has 1 aromatic heterocycles. The SMILES string of the molecule is Cc1ccoc1C(=O)N1CC[C@H]2[C@H](C[C@@H](CN3CCCC3)N2C)C1.O=C(O)C(F)(F)F.O=C(O)C(F)(F)F. The van der Waals surface area contributed by atoms with Gasteiger partial charge in [0, 0.05) is 37.3 Å². The van der Waals surface area contributed by atoms with Crippen molar-refractivity contribution in [3.63, 3.8) is 0 Å². The summed E-state index contributed by atoms with van der Waals surface area (Å²) >= 11 is 0. The van der Waals surface area contributed by atoms with Gasteiger partial charge in [-0.05, 0) is 64.7 Å². The molecule has 0 saturated carbocycles. The zero-order valence-electron chi connectivity index (χ0n) is 20.9. The van der Waals surface area contributed by atoms with Gasteiger partial charge in [-0.25, -0.2) is 9.59 Å². The van der Waals surface area contributed by atoms with Crippen molar-refractivity contribution in [3.05, 3.63) is 23.7 Å². The molecule has 0 spiro atoms. The number of piperidine rings is 1. The summed E-state index contributed by atoms with van der Waals surface area (Å²) in [6, 6.07) is 3.16. The number of aryl methyl sites for hydroxylation is 1. The molecule has 3 fully saturated rings. The van der Waals surface area contributed by atoms with Crippen molar-refractivity contribution in [1.82, 2.24) is 14.7 Å². The number of aliphatic carboxylic acids is 2. The van der Waals surface area contributed by atoms with Crippen LogP contribution in [0.25, 0.3) is 0 Å². The molecule has 9 nitrogen and oxygen atoms in total. The summed E-state index contributed by atoms with van der Waals surface area (Å²) in [5.41, 5.74) is 0.942. The van der Waals surface area contributed by atoms with Gasteiger partial charge in [0.2, 0.25) is 0 Å². The first-order chi connectivity index (χ1) is 17.5. The number of halogens is 6. The van der Waals surface area contributed by atoms with Gasteiger partial charge in [-0.1, -0.05) is 0 Å². The number of likely N-dealkylation sites (N-methyl/N-ethyl adjacent to an activating group) is 1. The Morgan fingerprint density at radius 2 is 1.53 bits per heavy atom. The van der Waals surface area contributed by atoms with Gasteiger partial charge >= 0.3 is 24.3 Å². The molecule has 1 aromatic rings. The second-order valence-corrected chi connectivity index (χ2v) is 9.47. The molecule has 3 aliphatic rings. The molecule has 3 saturated heterocycles. The summed E-state index contributed by atoms with van der Waals surface area (Å²) in [5, 5.41) is 14.2. The Balaban J connectivity index is 0.000000301. The third kappa shape index (κ3) is 8.61. The van der Waals surface area contributed by atoms with Crippen LogP contribution in [0.15, 0.2) is 16.7 Å². The Hall–Kier alpha value is -2.81. The van der Waals surface area contributed by atoms with E-state index in [1.165, 1.54) is 38.9 Å². The van der Waals surface area contributed by atoms with E-state index in [-0.39, 0.29) is 5.91 Å². The number of hydrogen-bond acceptors (Lipinski definition) is 6. The molecule has 0 aliphatic carbocycles. The topological polar surface area (TPSA) is 115 Å². The third-order valence-electron chi connectivity index (χ3n) is 6.86. The van der Waals surface area contributed by atoms with E-state index in [2.05, 4.69) is 16.8 Å². The van der Waals surface area contributed by atoms with Crippen LogP contribution in [0.5, 0.6) is 0 Å². The largest absolute Gasteiger partial charge is 0.490 e. The van der Waals surface area contributed by atoms with Crippen LogP contribution in [-0.4, -0.2) is 107 Å². The average Bonchev–Trinajstić information content (AvgIpc) is 3.54. The van der Waals surface area contributed by atoms with Crippen molar-refractivity contribution in [2.24, 2.45) is 5.92 Å². The van der Waals surface area contributed by atoms with Gasteiger partial charge in [0.25, 0.3) is 5.91 Å². The summed E-state index contributed by atoms with van der Waals surface area (Å²) in [4.78, 5) is 37.7. The van der Waals surface area contributed by atoms with Crippen molar-refractivity contribution in [1.29, 1.82) is 0 Å². The second-order valence-electron chi connectivity index (χ2n) is 9.47. The molecule has 0 radical (unpaired) electrons. The Labute approximate surface area is 214 Å². The van der Waals surface area contributed by atoms with Gasteiger partial charge in [0.15, 0.2) is 5.76 Å². The van der Waals surface area contributed by atoms with E-state index in [9.17, 15) is 31.1 Å². The third-order valence-corrected chi connectivity index (χ3v) is 6.86. The maximum atomic E-state index is 12.7. The van der Waals surface area contributed by atoms with Crippen LogP contribution in [-0.2, 0) is 9.59 Å². The van der Waals surface area contributed by atoms with E-state index < -0.39 is 24.3 Å². The normalized spacial score (nSPS) is 24.1. The predicted molar refractivity (Wildman–Crippen MR) is 120 cm³/mol. The minimum absolute atomic E-state index is 0.0709. The number of fused-ring (bicyclic) bond motifs is 1. The van der Waals surface area contributed by atoms with Crippen molar-refractivity contribution < 1.29 is 55.4 Å². The minimum atomic E-state index is -5.08. The quantitative estimate of drug-likeness (QED) is 0.542. The van der Waals surface area contributed by atoms with E-state index in [0.717, 1.165) is 25.1 Å². The Morgan fingerprint density at radius 1 is 1.00 bits per heavy atom. The maximum absolute atomic E-state index is 12.7. The minimum Gasteiger partial charge on any atom is -0.475 e. The van der Waals surface area contributed by atoms with E-state index >= 15 is 0 Å². The van der Waals surface area contributed by atoms with Gasteiger partial charge in [-0.3, -0.25) is 9.69 Å². The Kier molecular flexibility index (Phi) is 10.6. The number of rotatable bonds is 3. The number of carbonyl (C=O) groups is 3. The van der Waals surface area contributed by atoms with Crippen molar-refractivity contribution in [3.8, 4) is 0 Å². The van der Waals surface area contributed by atoms with Crippen LogP contribution in [0, 0.1) is 12.8 Å². The molecule has 0 aromatic carbocycles. The van der Waals surface area contributed by atoms with E-state index in [1.807, 2.05) is 17.9 Å². The number of furan rings is 1. The maximum Gasteiger partial charge on any atom is 0.490 e. The van der Waals surface area contributed by atoms with Gasteiger partial charge in [-0.15, -0.1) is 0 Å². The molecule has 0 unspecified atom stereocenters. The molecule has 2 N–H and O–H groups in total. The highest BCUT2D eigenvalue weighted by atomic mass is 19.4. The number of carboxylic acids is 2. The van der Waals surface area contributed by atoms with Crippen molar-refractivity contribution in [2.75, 3.05) is 39.8 Å². The van der Waals surface area contributed by atoms with Gasteiger partial charge in [0.1, 0.15) is 0 Å². The summed E-state index contributed by atoms with van der Waals surface area (Å²) in [6.07, 6.45) is -3.53. The molecule has 3 atom stereocenters. The number of likely N-dealkylation sites (tertiary alicyclic amines) is 3. The molecular weight excluding hydrogens is 528 g/mol. The highest BCUT2D eigenvalue weighted by Crippen LogP contribution is 2.35. The number of hydrogen-bond donors (Lipinski definition) is 2. The Morgan fingerprint density at radius 3 is 1.97 bits per heavy atom. The van der Waals surface area contributed by atoms with Crippen LogP contribution in [0.3, 0.4) is 0 Å². The average molecular weight is 560 g/mol. The zero-order valence-corrected chi connectivity index (χ0v) is 20.9. The van der Waals surface area contributed by atoms with Crippen LogP contribution >= 0.6 is 0 Å². The number of carboxylic acid groups (broad SMARTS) is 2. The molecule has 0 bridgehead atoms. The smallest absolute Gasteiger partial charge is 0.475 e. The van der Waals surface area contributed by atoms with Crippen molar-refractivity contribution >= 4 is 17.8 Å². The molecule has 38 heavy (non-hydrogen) atoms. The fourth-order valence-electron chi connectivity index (χ4n) is 4.96. The van der Waals surface area contributed by atoms with E-state index in [1.54, 1.807) is 6.26 Å². The first-order valence-electron chi connectivity index (χ1n) is 11.9.